The van der Waals surface area contributed by atoms with Crippen LogP contribution in [0.4, 0.5) is 0 Å². The van der Waals surface area contributed by atoms with Gasteiger partial charge in [-0.15, -0.1) is 22.7 Å². The Bertz CT molecular complexity index is 5170. The number of carbonyl (C=O) groups excluding carboxylic acids is 8. The fourth-order valence-electron chi connectivity index (χ4n) is 13.6. The number of hydrogen-bond acceptors (Lipinski definition) is 16. The fraction of sp³-hybridized carbons (Fsp3) is 0.0714. The first-order valence-electron chi connectivity index (χ1n) is 32.0. The van der Waals surface area contributed by atoms with E-state index in [0.717, 1.165) is 65.8 Å². The molecule has 16 heteroatoms. The van der Waals surface area contributed by atoms with Gasteiger partial charge in [0.25, 0.3) is 0 Å². The van der Waals surface area contributed by atoms with Crippen LogP contribution in [0.2, 0.25) is 0 Å². The van der Waals surface area contributed by atoms with Crippen LogP contribution in [-0.2, 0) is 75.8 Å². The van der Waals surface area contributed by atoms with E-state index >= 15 is 19.2 Å². The molecule has 0 saturated carbocycles. The van der Waals surface area contributed by atoms with Crippen molar-refractivity contribution in [2.75, 3.05) is 0 Å². The highest BCUT2D eigenvalue weighted by Crippen LogP contribution is 2.58. The first-order chi connectivity index (χ1) is 48.8. The monoisotopic (exact) mass is 1350 g/mol. The molecule has 17 rings (SSSR count). The molecule has 100 heavy (non-hydrogen) atoms. The van der Waals surface area contributed by atoms with E-state index < -0.39 is 58.2 Å². The third-order valence-electron chi connectivity index (χ3n) is 18.6. The van der Waals surface area contributed by atoms with Crippen molar-refractivity contribution in [2.24, 2.45) is 0 Å². The van der Waals surface area contributed by atoms with Gasteiger partial charge in [-0.3, -0.25) is 19.2 Å². The molecule has 4 heterocycles. The Labute approximate surface area is 577 Å². The molecule has 482 valence electrons. The molecule has 2 aliphatic heterocycles. The van der Waals surface area contributed by atoms with Crippen LogP contribution in [0.15, 0.2) is 254 Å². The average molecular weight is 1350 g/mol. The standard InChI is InChI=1S/C84H50O14S2/c85-73-61-33-55-29-51-25-13-14-26-52(51)30-56(55)34-62(61)74(86)67(73)37-59-39-71-77(99-59)65-42-70-66(41-69(65)83(97-71,79(89)93-43-47-17-5-1-6-18-47)80(90)94-44-48-19-7-2-8-20-48)78-72(98-84(70,81(91)95-45-49-21-9-3-10-22-49)82(92)96-46-50-23-11-4-12-24-50)40-60(100-78)38-68-75(87)63-35-57-31-53-27-15-16-28-54(53)32-58(57)36-64(63)76(68)88/h1-42H,43-46H2. The van der Waals surface area contributed by atoms with Crippen molar-refractivity contribution in [3.8, 4) is 32.4 Å². The number of ketones is 4. The van der Waals surface area contributed by atoms with E-state index in [9.17, 15) is 19.2 Å². The lowest BCUT2D eigenvalue weighted by Gasteiger charge is -2.39. The lowest BCUT2D eigenvalue weighted by atomic mass is 9.78. The minimum atomic E-state index is -2.88. The maximum Gasteiger partial charge on any atom is 0.367 e. The fourth-order valence-corrected chi connectivity index (χ4v) is 15.7. The number of hydrogen-bond donors (Lipinski definition) is 0. The third-order valence-corrected chi connectivity index (χ3v) is 20.8. The molecular formula is C84H50O14S2. The number of benzene rings is 11. The molecule has 0 atom stereocenters. The summed E-state index contributed by atoms with van der Waals surface area (Å²) in [6.07, 6.45) is 2.87. The number of allylic oxidation sites excluding steroid dienone is 2. The summed E-state index contributed by atoms with van der Waals surface area (Å²) in [6, 6.07) is 71.3. The highest BCUT2D eigenvalue weighted by atomic mass is 32.1. The number of thiophene rings is 2. The van der Waals surface area contributed by atoms with Gasteiger partial charge >= 0.3 is 35.1 Å². The molecule has 0 amide bonds. The van der Waals surface area contributed by atoms with Gasteiger partial charge in [-0.05, 0) is 150 Å². The molecule has 14 nitrogen and oxygen atoms in total. The second-order valence-electron chi connectivity index (χ2n) is 24.8. The number of carbonyl (C=O) groups is 8. The molecule has 0 bridgehead atoms. The molecule has 0 N–H and O–H groups in total. The van der Waals surface area contributed by atoms with Crippen LogP contribution in [0.5, 0.6) is 11.5 Å². The minimum absolute atomic E-state index is 0.0379. The topological polar surface area (TPSA) is 192 Å². The lowest BCUT2D eigenvalue weighted by molar-refractivity contribution is -0.185. The van der Waals surface area contributed by atoms with Crippen LogP contribution in [0.25, 0.3) is 76.1 Å². The zero-order valence-corrected chi connectivity index (χ0v) is 54.2. The number of fused-ring (bicyclic) bond motifs is 12. The summed E-state index contributed by atoms with van der Waals surface area (Å²) in [4.78, 5) is 123. The van der Waals surface area contributed by atoms with Crippen molar-refractivity contribution in [3.05, 3.63) is 319 Å². The van der Waals surface area contributed by atoms with Gasteiger partial charge in [0.15, 0.2) is 23.1 Å². The summed E-state index contributed by atoms with van der Waals surface area (Å²) in [5.74, 6) is -7.20. The molecule has 2 aliphatic carbocycles. The van der Waals surface area contributed by atoms with Crippen molar-refractivity contribution >= 4 is 125 Å². The van der Waals surface area contributed by atoms with Crippen LogP contribution in [0, 0.1) is 0 Å². The summed E-state index contributed by atoms with van der Waals surface area (Å²) in [5, 5.41) is 6.87. The second kappa shape index (κ2) is 24.2. The van der Waals surface area contributed by atoms with Gasteiger partial charge in [0, 0.05) is 54.3 Å². The number of esters is 4. The summed E-state index contributed by atoms with van der Waals surface area (Å²) in [7, 11) is 0. The van der Waals surface area contributed by atoms with Gasteiger partial charge in [0.1, 0.15) is 37.9 Å². The van der Waals surface area contributed by atoms with E-state index in [4.69, 9.17) is 28.4 Å². The van der Waals surface area contributed by atoms with Gasteiger partial charge < -0.3 is 28.4 Å². The van der Waals surface area contributed by atoms with Gasteiger partial charge in [-0.2, -0.15) is 0 Å². The van der Waals surface area contributed by atoms with Crippen LogP contribution >= 0.6 is 22.7 Å². The van der Waals surface area contributed by atoms with Gasteiger partial charge in [-0.1, -0.05) is 170 Å². The van der Waals surface area contributed by atoms with E-state index in [0.29, 0.717) is 22.3 Å². The summed E-state index contributed by atoms with van der Waals surface area (Å²) < 4.78 is 38.7. The Hall–Kier alpha value is -12.5. The molecule has 4 aliphatic rings. The van der Waals surface area contributed by atoms with Crippen molar-refractivity contribution in [1.29, 1.82) is 0 Å². The van der Waals surface area contributed by atoms with E-state index in [1.807, 2.05) is 72.8 Å². The van der Waals surface area contributed by atoms with Gasteiger partial charge in [0.2, 0.25) is 0 Å². The number of Topliss-reactive ketones (excluding diaryl/α,β-unsaturated/α-hetero) is 4. The Morgan fingerprint density at radius 3 is 0.840 bits per heavy atom. The van der Waals surface area contributed by atoms with Crippen molar-refractivity contribution in [2.45, 2.75) is 37.6 Å². The SMILES string of the molecule is O=C1C(=Cc2cc3c(s2)-c2cc4c(cc2C(C(=O)OCc2ccccc2)(C(=O)OCc2ccccc2)O3)-c2sc(C=C3C(=O)c5cc6cc7ccccc7cc6cc5C3=O)cc2OC4(C(=O)OCc2ccccc2)C(=O)OCc2ccccc2)C(=O)c2cc3cc4ccccc4cc3cc21. The predicted octanol–water partition coefficient (Wildman–Crippen LogP) is 16.8. The van der Waals surface area contributed by atoms with E-state index in [-0.39, 0.29) is 113 Å². The summed E-state index contributed by atoms with van der Waals surface area (Å²) in [6.45, 7) is -1.39. The van der Waals surface area contributed by atoms with E-state index in [1.165, 1.54) is 36.4 Å². The van der Waals surface area contributed by atoms with Crippen molar-refractivity contribution in [1.82, 2.24) is 0 Å². The van der Waals surface area contributed by atoms with Crippen LogP contribution in [-0.4, -0.2) is 47.0 Å². The highest BCUT2D eigenvalue weighted by molar-refractivity contribution is 7.17. The van der Waals surface area contributed by atoms with E-state index in [1.54, 1.807) is 146 Å². The average Bonchev–Trinajstić information content (AvgIpc) is 1.23. The first kappa shape index (κ1) is 61.1. The molecule has 0 fully saturated rings. The third kappa shape index (κ3) is 10.3. The quantitative estimate of drug-likeness (QED) is 0.0249. The Balaban J connectivity index is 0.871. The van der Waals surface area contributed by atoms with Crippen LogP contribution < -0.4 is 9.47 Å². The zero-order valence-electron chi connectivity index (χ0n) is 52.6. The first-order valence-corrected chi connectivity index (χ1v) is 33.7. The maximum absolute atomic E-state index is 15.9. The maximum atomic E-state index is 15.9. The molecular weight excluding hydrogens is 1300 g/mol. The Morgan fingerprint density at radius 1 is 0.310 bits per heavy atom. The molecule has 11 aromatic carbocycles. The molecule has 0 radical (unpaired) electrons. The summed E-state index contributed by atoms with van der Waals surface area (Å²) >= 11 is 2.06. The molecule has 0 saturated heterocycles. The molecule has 13 aromatic rings. The number of ether oxygens (including phenoxy) is 6. The predicted molar refractivity (Wildman–Crippen MR) is 379 cm³/mol. The van der Waals surface area contributed by atoms with Crippen LogP contribution in [0.3, 0.4) is 0 Å². The second-order valence-corrected chi connectivity index (χ2v) is 26.9. The lowest BCUT2D eigenvalue weighted by Crippen LogP contribution is -2.54. The molecule has 0 unspecified atom stereocenters. The van der Waals surface area contributed by atoms with Gasteiger partial charge in [-0.25, -0.2) is 19.2 Å². The Morgan fingerprint density at radius 2 is 0.570 bits per heavy atom. The smallest absolute Gasteiger partial charge is 0.367 e. The largest absolute Gasteiger partial charge is 0.458 e. The van der Waals surface area contributed by atoms with E-state index in [2.05, 4.69) is 0 Å². The number of rotatable bonds is 14. The normalized spacial score (nSPS) is 14.3. The van der Waals surface area contributed by atoms with Gasteiger partial charge in [0.05, 0.1) is 20.9 Å². The van der Waals surface area contributed by atoms with Crippen molar-refractivity contribution in [3.63, 3.8) is 0 Å². The van der Waals surface area contributed by atoms with Crippen LogP contribution in [0.1, 0.15) is 84.6 Å². The van der Waals surface area contributed by atoms with Crippen molar-refractivity contribution < 1.29 is 66.8 Å². The minimum Gasteiger partial charge on any atom is -0.458 e. The highest BCUT2D eigenvalue weighted by Gasteiger charge is 2.62. The molecule has 2 aromatic heterocycles. The summed E-state index contributed by atoms with van der Waals surface area (Å²) in [5.41, 5.74) is -3.25. The Kier molecular flexibility index (Phi) is 14.8. The molecule has 0 spiro atoms. The zero-order chi connectivity index (χ0) is 68.0.